The lowest BCUT2D eigenvalue weighted by Crippen LogP contribution is -2.24. The number of nitrogens with one attached hydrogen (secondary N) is 1. The van der Waals surface area contributed by atoms with E-state index in [1.807, 2.05) is 42.5 Å². The summed E-state index contributed by atoms with van der Waals surface area (Å²) < 4.78 is 0. The van der Waals surface area contributed by atoms with E-state index >= 15 is 0 Å². The minimum atomic E-state index is -0.151. The van der Waals surface area contributed by atoms with Crippen LogP contribution < -0.4 is 5.32 Å². The maximum Gasteiger partial charge on any atom is 0.255 e. The van der Waals surface area contributed by atoms with Crippen LogP contribution in [0.4, 0.5) is 5.69 Å². The molecule has 0 aliphatic rings. The molecular weight excluding hydrogens is 336 g/mol. The fraction of sp³-hybridized carbons (Fsp3) is 0.130. The van der Waals surface area contributed by atoms with Crippen LogP contribution in [-0.4, -0.2) is 30.8 Å². The number of benzene rings is 3. The molecule has 3 aromatic rings. The van der Waals surface area contributed by atoms with E-state index in [0.29, 0.717) is 11.3 Å². The van der Waals surface area contributed by atoms with E-state index in [-0.39, 0.29) is 18.2 Å². The lowest BCUT2D eigenvalue weighted by molar-refractivity contribution is -0.115. The van der Waals surface area contributed by atoms with E-state index in [0.717, 1.165) is 16.7 Å². The van der Waals surface area contributed by atoms with Crippen LogP contribution in [0.15, 0.2) is 78.9 Å². The molecular formula is C23H22N2O2. The average molecular weight is 358 g/mol. The Balaban J connectivity index is 1.69. The molecule has 4 nitrogen and oxygen atoms in total. The predicted molar refractivity (Wildman–Crippen MR) is 109 cm³/mol. The van der Waals surface area contributed by atoms with Gasteiger partial charge in [-0.15, -0.1) is 0 Å². The highest BCUT2D eigenvalue weighted by molar-refractivity contribution is 6.03. The van der Waals surface area contributed by atoms with Gasteiger partial charge in [0.1, 0.15) is 0 Å². The van der Waals surface area contributed by atoms with Gasteiger partial charge < -0.3 is 10.2 Å². The lowest BCUT2D eigenvalue weighted by Gasteiger charge is -2.14. The van der Waals surface area contributed by atoms with Crippen LogP contribution in [0, 0.1) is 0 Å². The molecule has 0 atom stereocenters. The number of anilines is 1. The first-order valence-electron chi connectivity index (χ1n) is 8.79. The standard InChI is InChI=1S/C23H22N2O2/c1-25(2)23(27)20-10-6-7-11-21(20)24-22(26)16-17-12-14-19(15-13-17)18-8-4-3-5-9-18/h3-15H,16H2,1-2H3,(H,24,26). The zero-order valence-corrected chi connectivity index (χ0v) is 15.5. The second-order valence-corrected chi connectivity index (χ2v) is 6.53. The summed E-state index contributed by atoms with van der Waals surface area (Å²) in [5, 5.41) is 2.85. The van der Waals surface area contributed by atoms with Gasteiger partial charge in [0.05, 0.1) is 17.7 Å². The maximum atomic E-state index is 12.4. The first-order chi connectivity index (χ1) is 13.0. The van der Waals surface area contributed by atoms with Crippen LogP contribution in [0.1, 0.15) is 15.9 Å². The Bertz CT molecular complexity index is 932. The Hall–Kier alpha value is -3.40. The third-order valence-corrected chi connectivity index (χ3v) is 4.26. The summed E-state index contributed by atoms with van der Waals surface area (Å²) in [6.07, 6.45) is 0.250. The fourth-order valence-electron chi connectivity index (χ4n) is 2.84. The van der Waals surface area contributed by atoms with E-state index in [2.05, 4.69) is 17.4 Å². The molecule has 2 amide bonds. The lowest BCUT2D eigenvalue weighted by atomic mass is 10.0. The van der Waals surface area contributed by atoms with Gasteiger partial charge in [0.2, 0.25) is 5.91 Å². The van der Waals surface area contributed by atoms with E-state index in [1.165, 1.54) is 4.90 Å². The summed E-state index contributed by atoms with van der Waals surface area (Å²) >= 11 is 0. The van der Waals surface area contributed by atoms with Gasteiger partial charge in [0.15, 0.2) is 0 Å². The van der Waals surface area contributed by atoms with Gasteiger partial charge in [0.25, 0.3) is 5.91 Å². The number of hydrogen-bond donors (Lipinski definition) is 1. The molecule has 0 bridgehead atoms. The average Bonchev–Trinajstić information content (AvgIpc) is 2.69. The molecule has 0 aromatic heterocycles. The predicted octanol–water partition coefficient (Wildman–Crippen LogP) is 4.24. The van der Waals surface area contributed by atoms with E-state index < -0.39 is 0 Å². The highest BCUT2D eigenvalue weighted by atomic mass is 16.2. The van der Waals surface area contributed by atoms with Crippen molar-refractivity contribution in [3.05, 3.63) is 90.0 Å². The Labute approximate surface area is 159 Å². The quantitative estimate of drug-likeness (QED) is 0.742. The summed E-state index contributed by atoms with van der Waals surface area (Å²) in [7, 11) is 3.38. The minimum Gasteiger partial charge on any atom is -0.345 e. The number of carbonyl (C=O) groups is 2. The third kappa shape index (κ3) is 4.61. The molecule has 27 heavy (non-hydrogen) atoms. The van der Waals surface area contributed by atoms with Gasteiger partial charge in [-0.1, -0.05) is 66.7 Å². The zero-order chi connectivity index (χ0) is 19.2. The molecule has 0 spiro atoms. The molecule has 4 heteroatoms. The van der Waals surface area contributed by atoms with Crippen molar-refractivity contribution in [3.63, 3.8) is 0 Å². The fourth-order valence-corrected chi connectivity index (χ4v) is 2.84. The number of carbonyl (C=O) groups excluding carboxylic acids is 2. The van der Waals surface area contributed by atoms with Gasteiger partial charge in [-0.3, -0.25) is 9.59 Å². The van der Waals surface area contributed by atoms with Crippen molar-refractivity contribution in [1.82, 2.24) is 4.90 Å². The monoisotopic (exact) mass is 358 g/mol. The number of amides is 2. The smallest absolute Gasteiger partial charge is 0.255 e. The Morgan fingerprint density at radius 2 is 1.37 bits per heavy atom. The van der Waals surface area contributed by atoms with Gasteiger partial charge in [-0.25, -0.2) is 0 Å². The van der Waals surface area contributed by atoms with Gasteiger partial charge in [-0.05, 0) is 28.8 Å². The minimum absolute atomic E-state index is 0.141. The molecule has 0 saturated heterocycles. The molecule has 3 aromatic carbocycles. The molecule has 0 heterocycles. The summed E-state index contributed by atoms with van der Waals surface area (Å²) in [6.45, 7) is 0. The van der Waals surface area contributed by atoms with Crippen molar-refractivity contribution in [1.29, 1.82) is 0 Å². The zero-order valence-electron chi connectivity index (χ0n) is 15.5. The van der Waals surface area contributed by atoms with Crippen molar-refractivity contribution in [3.8, 4) is 11.1 Å². The van der Waals surface area contributed by atoms with Gasteiger partial charge in [0, 0.05) is 14.1 Å². The summed E-state index contributed by atoms with van der Waals surface area (Å²) in [5.74, 6) is -0.292. The van der Waals surface area contributed by atoms with E-state index in [4.69, 9.17) is 0 Å². The van der Waals surface area contributed by atoms with Crippen LogP contribution in [0.25, 0.3) is 11.1 Å². The van der Waals surface area contributed by atoms with Gasteiger partial charge in [-0.2, -0.15) is 0 Å². The van der Waals surface area contributed by atoms with Crippen molar-refractivity contribution in [2.24, 2.45) is 0 Å². The van der Waals surface area contributed by atoms with Crippen LogP contribution >= 0.6 is 0 Å². The Kier molecular flexibility index (Phi) is 5.67. The molecule has 0 radical (unpaired) electrons. The van der Waals surface area contributed by atoms with Crippen LogP contribution in [-0.2, 0) is 11.2 Å². The highest BCUT2D eigenvalue weighted by Crippen LogP contribution is 2.20. The first-order valence-corrected chi connectivity index (χ1v) is 8.79. The molecule has 0 aliphatic heterocycles. The molecule has 0 saturated carbocycles. The third-order valence-electron chi connectivity index (χ3n) is 4.26. The first kappa shape index (κ1) is 18.4. The number of nitrogens with zero attached hydrogens (tertiary/aromatic N) is 1. The van der Waals surface area contributed by atoms with Crippen molar-refractivity contribution < 1.29 is 9.59 Å². The topological polar surface area (TPSA) is 49.4 Å². The molecule has 1 N–H and O–H groups in total. The molecule has 0 unspecified atom stereocenters. The van der Waals surface area contributed by atoms with Crippen LogP contribution in [0.3, 0.4) is 0 Å². The van der Waals surface area contributed by atoms with Crippen LogP contribution in [0.5, 0.6) is 0 Å². The van der Waals surface area contributed by atoms with Crippen LogP contribution in [0.2, 0.25) is 0 Å². The molecule has 3 rings (SSSR count). The number of rotatable bonds is 5. The largest absolute Gasteiger partial charge is 0.345 e. The van der Waals surface area contributed by atoms with Crippen molar-refractivity contribution in [2.75, 3.05) is 19.4 Å². The van der Waals surface area contributed by atoms with E-state index in [9.17, 15) is 9.59 Å². The molecule has 136 valence electrons. The normalized spacial score (nSPS) is 10.3. The summed E-state index contributed by atoms with van der Waals surface area (Å²) in [5.41, 5.74) is 4.19. The number of para-hydroxylation sites is 1. The number of hydrogen-bond acceptors (Lipinski definition) is 2. The van der Waals surface area contributed by atoms with E-state index in [1.54, 1.807) is 38.4 Å². The Morgan fingerprint density at radius 3 is 2.04 bits per heavy atom. The second kappa shape index (κ2) is 8.32. The molecule has 0 fully saturated rings. The van der Waals surface area contributed by atoms with Crippen molar-refractivity contribution in [2.45, 2.75) is 6.42 Å². The highest BCUT2D eigenvalue weighted by Gasteiger charge is 2.14. The summed E-state index contributed by atoms with van der Waals surface area (Å²) in [6, 6.07) is 25.1. The maximum absolute atomic E-state index is 12.4. The second-order valence-electron chi connectivity index (χ2n) is 6.53. The van der Waals surface area contributed by atoms with Crippen molar-refractivity contribution >= 4 is 17.5 Å². The molecule has 0 aliphatic carbocycles. The Morgan fingerprint density at radius 1 is 0.778 bits per heavy atom. The summed E-state index contributed by atoms with van der Waals surface area (Å²) in [4.78, 5) is 26.2. The van der Waals surface area contributed by atoms with Gasteiger partial charge >= 0.3 is 0 Å². The SMILES string of the molecule is CN(C)C(=O)c1ccccc1NC(=O)Cc1ccc(-c2ccccc2)cc1.